The Morgan fingerprint density at radius 2 is 2.20 bits per heavy atom. The van der Waals surface area contributed by atoms with Crippen LogP contribution < -0.4 is 5.84 Å². The Bertz CT molecular complexity index is 391. The van der Waals surface area contributed by atoms with Crippen LogP contribution in [0.1, 0.15) is 31.3 Å². The molecule has 2 heterocycles. The average molecular weight is 207 g/mol. The Balaban J connectivity index is 2.43. The molecule has 1 aromatic rings. The lowest BCUT2D eigenvalue weighted by Gasteiger charge is -2.16. The van der Waals surface area contributed by atoms with Crippen LogP contribution in [0.3, 0.4) is 0 Å². The molecule has 2 rings (SSSR count). The molecule has 2 N–H and O–H groups in total. The van der Waals surface area contributed by atoms with E-state index in [1.165, 1.54) is 0 Å². The van der Waals surface area contributed by atoms with Crippen molar-refractivity contribution in [3.05, 3.63) is 17.5 Å². The first-order chi connectivity index (χ1) is 7.09. The largest absolute Gasteiger partial charge is 0.291 e. The van der Waals surface area contributed by atoms with Gasteiger partial charge in [0, 0.05) is 6.04 Å². The minimum absolute atomic E-state index is 0.324. The Labute approximate surface area is 89.6 Å². The normalized spacial score (nSPS) is 16.3. The summed E-state index contributed by atoms with van der Waals surface area (Å²) in [7, 11) is 0. The number of hydrazine groups is 1. The summed E-state index contributed by atoms with van der Waals surface area (Å²) < 4.78 is 1.97. The summed E-state index contributed by atoms with van der Waals surface area (Å²) in [6.07, 6.45) is 0. The highest BCUT2D eigenvalue weighted by Crippen LogP contribution is 2.14. The third-order valence-corrected chi connectivity index (χ3v) is 2.45. The molecule has 0 bridgehead atoms. The fraction of sp³-hybridized carbons (Fsp3) is 0.600. The molecule has 1 aliphatic heterocycles. The number of nitrogens with zero attached hydrogens (tertiary/aromatic N) is 4. The van der Waals surface area contributed by atoms with Gasteiger partial charge in [0.15, 0.2) is 5.84 Å². The van der Waals surface area contributed by atoms with Gasteiger partial charge in [-0.05, 0) is 26.8 Å². The highest BCUT2D eigenvalue weighted by molar-refractivity contribution is 5.98. The number of rotatable bonds is 2. The quantitative estimate of drug-likeness (QED) is 0.726. The molecule has 1 aromatic heterocycles. The van der Waals surface area contributed by atoms with Crippen molar-refractivity contribution in [2.75, 3.05) is 13.1 Å². The molecule has 0 aliphatic carbocycles. The molecule has 0 unspecified atom stereocenters. The van der Waals surface area contributed by atoms with Crippen molar-refractivity contribution >= 4 is 5.84 Å². The monoisotopic (exact) mass is 207 g/mol. The first-order valence-corrected chi connectivity index (χ1v) is 5.23. The van der Waals surface area contributed by atoms with Crippen molar-refractivity contribution in [2.45, 2.75) is 26.8 Å². The topological polar surface area (TPSA) is 59.4 Å². The first-order valence-electron chi connectivity index (χ1n) is 5.23. The number of nitrogens with two attached hydrogens (primary N) is 1. The van der Waals surface area contributed by atoms with Crippen LogP contribution >= 0.6 is 0 Å². The third kappa shape index (κ3) is 1.74. The van der Waals surface area contributed by atoms with E-state index in [1.54, 1.807) is 5.01 Å². The number of hydrogen-bond acceptors (Lipinski definition) is 4. The van der Waals surface area contributed by atoms with Crippen LogP contribution in [0.25, 0.3) is 0 Å². The van der Waals surface area contributed by atoms with Gasteiger partial charge < -0.3 is 0 Å². The number of aliphatic imine (C=N–C) groups is 1. The Kier molecular flexibility index (Phi) is 2.48. The van der Waals surface area contributed by atoms with Crippen molar-refractivity contribution < 1.29 is 0 Å². The van der Waals surface area contributed by atoms with Crippen LogP contribution in [-0.4, -0.2) is 33.7 Å². The molecule has 5 nitrogen and oxygen atoms in total. The number of aromatic nitrogens is 2. The molecule has 0 amide bonds. The molecule has 5 heteroatoms. The minimum atomic E-state index is 0.324. The zero-order valence-corrected chi connectivity index (χ0v) is 9.44. The Morgan fingerprint density at radius 3 is 2.73 bits per heavy atom. The molecule has 0 atom stereocenters. The lowest BCUT2D eigenvalue weighted by Crippen LogP contribution is -2.36. The van der Waals surface area contributed by atoms with E-state index in [0.29, 0.717) is 6.04 Å². The molecular formula is C10H17N5. The van der Waals surface area contributed by atoms with Crippen molar-refractivity contribution in [3.63, 3.8) is 0 Å². The van der Waals surface area contributed by atoms with Gasteiger partial charge in [0.25, 0.3) is 0 Å². The summed E-state index contributed by atoms with van der Waals surface area (Å²) in [6, 6.07) is 2.36. The van der Waals surface area contributed by atoms with Gasteiger partial charge in [-0.25, -0.2) is 5.84 Å². The molecular weight excluding hydrogens is 190 g/mol. The first kappa shape index (κ1) is 10.2. The van der Waals surface area contributed by atoms with Gasteiger partial charge >= 0.3 is 0 Å². The highest BCUT2D eigenvalue weighted by atomic mass is 15.5. The fourth-order valence-corrected chi connectivity index (χ4v) is 1.77. The third-order valence-electron chi connectivity index (χ3n) is 2.45. The van der Waals surface area contributed by atoms with Gasteiger partial charge in [-0.15, -0.1) is 0 Å². The molecule has 82 valence electrons. The lowest BCUT2D eigenvalue weighted by atomic mass is 10.3. The van der Waals surface area contributed by atoms with Crippen molar-refractivity contribution in [1.29, 1.82) is 0 Å². The van der Waals surface area contributed by atoms with Gasteiger partial charge in [-0.1, -0.05) is 0 Å². The van der Waals surface area contributed by atoms with E-state index in [0.717, 1.165) is 30.3 Å². The Morgan fingerprint density at radius 1 is 1.47 bits per heavy atom. The standard InChI is InChI=1S/C10H17N5/c1-7(2)15-9(6-8(3)13-15)10-12-4-5-14(10)11/h6-7H,4-5,11H2,1-3H3. The van der Waals surface area contributed by atoms with Crippen LogP contribution in [0.2, 0.25) is 0 Å². The predicted octanol–water partition coefficient (Wildman–Crippen LogP) is 0.708. The second-order valence-electron chi connectivity index (χ2n) is 4.11. The molecule has 0 saturated heterocycles. The zero-order valence-electron chi connectivity index (χ0n) is 9.44. The molecule has 15 heavy (non-hydrogen) atoms. The van der Waals surface area contributed by atoms with Crippen molar-refractivity contribution in [1.82, 2.24) is 14.8 Å². The molecule has 1 aliphatic rings. The van der Waals surface area contributed by atoms with Crippen LogP contribution in [0.4, 0.5) is 0 Å². The van der Waals surface area contributed by atoms with E-state index in [-0.39, 0.29) is 0 Å². The fourth-order valence-electron chi connectivity index (χ4n) is 1.77. The van der Waals surface area contributed by atoms with Gasteiger partial charge in [-0.2, -0.15) is 5.10 Å². The van der Waals surface area contributed by atoms with E-state index in [1.807, 2.05) is 17.7 Å². The summed E-state index contributed by atoms with van der Waals surface area (Å²) >= 11 is 0. The van der Waals surface area contributed by atoms with E-state index in [2.05, 4.69) is 23.9 Å². The number of aryl methyl sites for hydroxylation is 1. The van der Waals surface area contributed by atoms with E-state index in [4.69, 9.17) is 5.84 Å². The highest BCUT2D eigenvalue weighted by Gasteiger charge is 2.21. The smallest absolute Gasteiger partial charge is 0.163 e. The SMILES string of the molecule is Cc1cc(C2=NCCN2N)n(C(C)C)n1. The van der Waals surface area contributed by atoms with Crippen molar-refractivity contribution in [3.8, 4) is 0 Å². The van der Waals surface area contributed by atoms with Gasteiger partial charge in [0.1, 0.15) is 5.69 Å². The second kappa shape index (κ2) is 3.66. The maximum Gasteiger partial charge on any atom is 0.163 e. The van der Waals surface area contributed by atoms with Crippen LogP contribution in [-0.2, 0) is 0 Å². The molecule has 0 spiro atoms. The molecule has 0 aromatic carbocycles. The zero-order chi connectivity index (χ0) is 11.0. The molecule has 0 saturated carbocycles. The Hall–Kier alpha value is -1.36. The van der Waals surface area contributed by atoms with E-state index >= 15 is 0 Å². The summed E-state index contributed by atoms with van der Waals surface area (Å²) in [6.45, 7) is 7.75. The summed E-state index contributed by atoms with van der Waals surface area (Å²) in [4.78, 5) is 4.40. The minimum Gasteiger partial charge on any atom is -0.291 e. The van der Waals surface area contributed by atoms with Crippen LogP contribution in [0, 0.1) is 6.92 Å². The van der Waals surface area contributed by atoms with Crippen molar-refractivity contribution in [2.24, 2.45) is 10.8 Å². The summed E-state index contributed by atoms with van der Waals surface area (Å²) in [5.41, 5.74) is 2.02. The summed E-state index contributed by atoms with van der Waals surface area (Å²) in [5, 5.41) is 6.13. The average Bonchev–Trinajstić information content (AvgIpc) is 2.71. The van der Waals surface area contributed by atoms with Gasteiger partial charge in [0.05, 0.1) is 18.8 Å². The summed E-state index contributed by atoms with van der Waals surface area (Å²) in [5.74, 6) is 6.70. The molecule has 0 radical (unpaired) electrons. The predicted molar refractivity (Wildman–Crippen MR) is 59.6 cm³/mol. The maximum absolute atomic E-state index is 5.85. The number of hydrogen-bond donors (Lipinski definition) is 1. The van der Waals surface area contributed by atoms with Crippen LogP contribution in [0.5, 0.6) is 0 Å². The van der Waals surface area contributed by atoms with E-state index < -0.39 is 0 Å². The van der Waals surface area contributed by atoms with Crippen LogP contribution in [0.15, 0.2) is 11.1 Å². The van der Waals surface area contributed by atoms with Gasteiger partial charge in [0.2, 0.25) is 0 Å². The second-order valence-corrected chi connectivity index (χ2v) is 4.11. The molecule has 0 fully saturated rings. The number of amidine groups is 1. The maximum atomic E-state index is 5.85. The van der Waals surface area contributed by atoms with E-state index in [9.17, 15) is 0 Å². The van der Waals surface area contributed by atoms with Gasteiger partial charge in [-0.3, -0.25) is 14.7 Å². The lowest BCUT2D eigenvalue weighted by molar-refractivity contribution is 0.470.